The zero-order chi connectivity index (χ0) is 28.3. The Bertz CT molecular complexity index is 1330. The number of amides is 1. The number of benzene rings is 2. The van der Waals surface area contributed by atoms with Gasteiger partial charge in [0.1, 0.15) is 5.76 Å². The number of likely N-dealkylation sites (tertiary alicyclic amines) is 1. The lowest BCUT2D eigenvalue weighted by molar-refractivity contribution is -0.140. The predicted molar refractivity (Wildman–Crippen MR) is 149 cm³/mol. The van der Waals surface area contributed by atoms with Gasteiger partial charge < -0.3 is 14.7 Å². The molecule has 2 aliphatic rings. The number of sulfonamides is 1. The van der Waals surface area contributed by atoms with Crippen LogP contribution in [0.5, 0.6) is 0 Å². The molecule has 0 saturated carbocycles. The second-order valence-electron chi connectivity index (χ2n) is 10.4. The number of ether oxygens (including phenoxy) is 1. The Morgan fingerprint density at radius 1 is 1.00 bits per heavy atom. The number of aliphatic hydroxyl groups is 1. The van der Waals surface area contributed by atoms with E-state index >= 15 is 0 Å². The molecule has 2 fully saturated rings. The van der Waals surface area contributed by atoms with E-state index in [0.29, 0.717) is 32.1 Å². The molecule has 10 heteroatoms. The van der Waals surface area contributed by atoms with Crippen LogP contribution in [0, 0.1) is 0 Å². The maximum atomic E-state index is 13.3. The fourth-order valence-corrected chi connectivity index (χ4v) is 5.86. The van der Waals surface area contributed by atoms with Crippen LogP contribution in [0.25, 0.3) is 5.76 Å². The number of morpholine rings is 1. The summed E-state index contributed by atoms with van der Waals surface area (Å²) in [6, 6.07) is 12.7. The summed E-state index contributed by atoms with van der Waals surface area (Å²) < 4.78 is 31.5. The normalized spacial score (nSPS) is 20.4. The SMILES string of the molecule is CC(C)c1ccc(C2C(=C(O)c3ccc(S(=O)(=O)N(C)C)cc3)C(=O)C(=O)N2CCCN2CCOCC2)cc1. The quantitative estimate of drug-likeness (QED) is 0.288. The lowest BCUT2D eigenvalue weighted by atomic mass is 9.93. The van der Waals surface area contributed by atoms with Crippen molar-refractivity contribution >= 4 is 27.5 Å². The summed E-state index contributed by atoms with van der Waals surface area (Å²) in [6.07, 6.45) is 0.671. The fourth-order valence-electron chi connectivity index (χ4n) is 4.96. The molecular weight excluding hydrogens is 518 g/mol. The fraction of sp³-hybridized carbons (Fsp3) is 0.448. The number of hydrogen-bond acceptors (Lipinski definition) is 7. The number of aliphatic hydroxyl groups excluding tert-OH is 1. The minimum absolute atomic E-state index is 0.00638. The van der Waals surface area contributed by atoms with Crippen molar-refractivity contribution in [2.45, 2.75) is 37.1 Å². The van der Waals surface area contributed by atoms with Gasteiger partial charge in [-0.3, -0.25) is 14.5 Å². The standard InChI is InChI=1S/C29H37N3O6S/c1-20(2)21-6-8-22(9-7-21)26-25(27(33)23-10-12-24(13-11-23)39(36,37)30(3)4)28(34)29(35)32(26)15-5-14-31-16-18-38-19-17-31/h6-13,20,26,33H,5,14-19H2,1-4H3. The van der Waals surface area contributed by atoms with Gasteiger partial charge in [0.05, 0.1) is 29.7 Å². The van der Waals surface area contributed by atoms with Gasteiger partial charge in [-0.1, -0.05) is 38.1 Å². The van der Waals surface area contributed by atoms with Crippen molar-refractivity contribution in [2.24, 2.45) is 0 Å². The topological polar surface area (TPSA) is 107 Å². The van der Waals surface area contributed by atoms with E-state index in [1.807, 2.05) is 24.3 Å². The van der Waals surface area contributed by atoms with Gasteiger partial charge in [0.2, 0.25) is 10.0 Å². The Kier molecular flexibility index (Phi) is 8.90. The molecule has 1 N–H and O–H groups in total. The Morgan fingerprint density at radius 3 is 2.18 bits per heavy atom. The van der Waals surface area contributed by atoms with Crippen molar-refractivity contribution in [1.82, 2.24) is 14.1 Å². The van der Waals surface area contributed by atoms with E-state index in [4.69, 9.17) is 4.74 Å². The maximum Gasteiger partial charge on any atom is 0.295 e. The van der Waals surface area contributed by atoms with Crippen LogP contribution in [0.2, 0.25) is 0 Å². The van der Waals surface area contributed by atoms with E-state index in [9.17, 15) is 23.1 Å². The molecular formula is C29H37N3O6S. The molecule has 1 unspecified atom stereocenters. The summed E-state index contributed by atoms with van der Waals surface area (Å²) in [6.45, 7) is 8.34. The monoisotopic (exact) mass is 555 g/mol. The molecule has 0 aliphatic carbocycles. The average molecular weight is 556 g/mol. The van der Waals surface area contributed by atoms with Gasteiger partial charge in [-0.25, -0.2) is 12.7 Å². The van der Waals surface area contributed by atoms with Crippen LogP contribution in [-0.2, 0) is 24.3 Å². The van der Waals surface area contributed by atoms with E-state index in [0.717, 1.165) is 35.1 Å². The second kappa shape index (κ2) is 12.0. The third-order valence-electron chi connectivity index (χ3n) is 7.34. The van der Waals surface area contributed by atoms with E-state index < -0.39 is 27.8 Å². The van der Waals surface area contributed by atoms with Crippen LogP contribution < -0.4 is 0 Å². The third kappa shape index (κ3) is 6.09. The van der Waals surface area contributed by atoms with Gasteiger partial charge >= 0.3 is 0 Å². The van der Waals surface area contributed by atoms with Gasteiger partial charge in [0.15, 0.2) is 0 Å². The smallest absolute Gasteiger partial charge is 0.295 e. The van der Waals surface area contributed by atoms with Gasteiger partial charge in [0.25, 0.3) is 11.7 Å². The van der Waals surface area contributed by atoms with Gasteiger partial charge in [0, 0.05) is 45.8 Å². The first-order valence-electron chi connectivity index (χ1n) is 13.2. The van der Waals surface area contributed by atoms with Crippen molar-refractivity contribution in [3.8, 4) is 0 Å². The van der Waals surface area contributed by atoms with Crippen LogP contribution >= 0.6 is 0 Å². The Morgan fingerprint density at radius 2 is 1.62 bits per heavy atom. The number of rotatable bonds is 9. The van der Waals surface area contributed by atoms with Crippen LogP contribution in [0.1, 0.15) is 48.9 Å². The Balaban J connectivity index is 1.70. The number of ketones is 1. The third-order valence-corrected chi connectivity index (χ3v) is 9.17. The van der Waals surface area contributed by atoms with Crippen molar-refractivity contribution in [3.63, 3.8) is 0 Å². The highest BCUT2D eigenvalue weighted by atomic mass is 32.2. The number of carbonyl (C=O) groups is 2. The molecule has 0 aromatic heterocycles. The van der Waals surface area contributed by atoms with Crippen LogP contribution in [0.15, 0.2) is 59.0 Å². The van der Waals surface area contributed by atoms with Gasteiger partial charge in [-0.05, 0) is 47.7 Å². The number of hydrogen-bond donors (Lipinski definition) is 1. The largest absolute Gasteiger partial charge is 0.507 e. The van der Waals surface area contributed by atoms with Crippen LogP contribution in [-0.4, -0.2) is 92.8 Å². The van der Waals surface area contributed by atoms with Crippen molar-refractivity contribution in [2.75, 3.05) is 53.5 Å². The molecule has 2 saturated heterocycles. The minimum atomic E-state index is -3.66. The summed E-state index contributed by atoms with van der Waals surface area (Å²) in [4.78, 5) is 30.5. The zero-order valence-corrected chi connectivity index (χ0v) is 23.8. The molecule has 2 aromatic rings. The van der Waals surface area contributed by atoms with E-state index in [1.54, 1.807) is 4.90 Å². The molecule has 0 radical (unpaired) electrons. The van der Waals surface area contributed by atoms with Crippen molar-refractivity contribution in [3.05, 3.63) is 70.8 Å². The second-order valence-corrected chi connectivity index (χ2v) is 12.6. The highest BCUT2D eigenvalue weighted by molar-refractivity contribution is 7.89. The predicted octanol–water partition coefficient (Wildman–Crippen LogP) is 3.20. The average Bonchev–Trinajstić information content (AvgIpc) is 3.18. The van der Waals surface area contributed by atoms with Crippen LogP contribution in [0.4, 0.5) is 0 Å². The lowest BCUT2D eigenvalue weighted by Gasteiger charge is -2.29. The molecule has 4 rings (SSSR count). The van der Waals surface area contributed by atoms with Gasteiger partial charge in [-0.2, -0.15) is 0 Å². The van der Waals surface area contributed by atoms with Crippen molar-refractivity contribution in [1.29, 1.82) is 0 Å². The molecule has 2 heterocycles. The number of carbonyl (C=O) groups excluding carboxylic acids is 2. The highest BCUT2D eigenvalue weighted by Gasteiger charge is 2.45. The summed E-state index contributed by atoms with van der Waals surface area (Å²) in [5.41, 5.74) is 2.13. The lowest BCUT2D eigenvalue weighted by Crippen LogP contribution is -2.38. The van der Waals surface area contributed by atoms with Gasteiger partial charge in [-0.15, -0.1) is 0 Å². The molecule has 0 bridgehead atoms. The molecule has 1 amide bonds. The summed E-state index contributed by atoms with van der Waals surface area (Å²) in [5.74, 6) is -1.41. The first kappa shape index (κ1) is 28.9. The first-order valence-corrected chi connectivity index (χ1v) is 14.7. The zero-order valence-electron chi connectivity index (χ0n) is 23.0. The van der Waals surface area contributed by atoms with E-state index in [2.05, 4.69) is 18.7 Å². The summed E-state index contributed by atoms with van der Waals surface area (Å²) >= 11 is 0. The maximum absolute atomic E-state index is 13.3. The molecule has 2 aliphatic heterocycles. The molecule has 9 nitrogen and oxygen atoms in total. The molecule has 0 spiro atoms. The van der Waals surface area contributed by atoms with E-state index in [-0.39, 0.29) is 21.8 Å². The molecule has 39 heavy (non-hydrogen) atoms. The van der Waals surface area contributed by atoms with Crippen LogP contribution in [0.3, 0.4) is 0 Å². The van der Waals surface area contributed by atoms with Crippen molar-refractivity contribution < 1.29 is 27.9 Å². The number of nitrogens with zero attached hydrogens (tertiary/aromatic N) is 3. The molecule has 2 aromatic carbocycles. The Labute approximate surface area is 230 Å². The minimum Gasteiger partial charge on any atom is -0.507 e. The highest BCUT2D eigenvalue weighted by Crippen LogP contribution is 2.40. The first-order chi connectivity index (χ1) is 18.5. The summed E-state index contributed by atoms with van der Waals surface area (Å²) in [7, 11) is -0.779. The molecule has 210 valence electrons. The number of Topliss-reactive ketones (excluding diaryl/α,β-unsaturated/α-hetero) is 1. The summed E-state index contributed by atoms with van der Waals surface area (Å²) in [5, 5.41) is 11.3. The Hall–Kier alpha value is -3.05. The van der Waals surface area contributed by atoms with E-state index in [1.165, 1.54) is 38.4 Å². The molecule has 1 atom stereocenters.